The SMILES string of the molecule is COc1cc(OC)c(S(=O)(=O)N2CCCCCC2)cc1C(=O)O. The molecule has 1 saturated heterocycles. The summed E-state index contributed by atoms with van der Waals surface area (Å²) in [5.74, 6) is -1.11. The lowest BCUT2D eigenvalue weighted by Gasteiger charge is -2.22. The predicted octanol–water partition coefficient (Wildman–Crippen LogP) is 1.97. The maximum Gasteiger partial charge on any atom is 0.339 e. The second kappa shape index (κ2) is 7.18. The topological polar surface area (TPSA) is 93.1 Å². The van der Waals surface area contributed by atoms with E-state index >= 15 is 0 Å². The van der Waals surface area contributed by atoms with Crippen LogP contribution in [0.3, 0.4) is 0 Å². The van der Waals surface area contributed by atoms with Crippen molar-refractivity contribution in [1.82, 2.24) is 4.31 Å². The van der Waals surface area contributed by atoms with Gasteiger partial charge in [0.15, 0.2) is 0 Å². The normalized spacial score (nSPS) is 16.6. The van der Waals surface area contributed by atoms with E-state index in [9.17, 15) is 18.3 Å². The van der Waals surface area contributed by atoms with Crippen LogP contribution in [0.2, 0.25) is 0 Å². The lowest BCUT2D eigenvalue weighted by Crippen LogP contribution is -2.32. The first-order chi connectivity index (χ1) is 10.9. The molecule has 0 saturated carbocycles. The number of carbonyl (C=O) groups is 1. The monoisotopic (exact) mass is 343 g/mol. The molecule has 0 unspecified atom stereocenters. The summed E-state index contributed by atoms with van der Waals surface area (Å²) in [6, 6.07) is 2.41. The number of carboxylic acid groups (broad SMARTS) is 1. The minimum atomic E-state index is -3.82. The van der Waals surface area contributed by atoms with Crippen LogP contribution in [0.5, 0.6) is 11.5 Å². The Balaban J connectivity index is 2.55. The van der Waals surface area contributed by atoms with E-state index in [1.54, 1.807) is 0 Å². The third-order valence-corrected chi connectivity index (χ3v) is 5.82. The number of hydrogen-bond donors (Lipinski definition) is 1. The number of rotatable bonds is 5. The molecule has 2 rings (SSSR count). The second-order valence-electron chi connectivity index (χ2n) is 5.33. The van der Waals surface area contributed by atoms with Crippen molar-refractivity contribution in [3.63, 3.8) is 0 Å². The average Bonchev–Trinajstić information content (AvgIpc) is 2.83. The van der Waals surface area contributed by atoms with Gasteiger partial charge in [0.1, 0.15) is 22.0 Å². The Bertz CT molecular complexity index is 677. The zero-order chi connectivity index (χ0) is 17.0. The number of carboxylic acids is 1. The summed E-state index contributed by atoms with van der Waals surface area (Å²) in [6.45, 7) is 0.861. The maximum atomic E-state index is 12.9. The highest BCUT2D eigenvalue weighted by atomic mass is 32.2. The summed E-state index contributed by atoms with van der Waals surface area (Å²) in [6.07, 6.45) is 3.57. The van der Waals surface area contributed by atoms with E-state index < -0.39 is 16.0 Å². The molecule has 0 atom stereocenters. The Kier molecular flexibility index (Phi) is 5.48. The van der Waals surface area contributed by atoms with Crippen molar-refractivity contribution < 1.29 is 27.8 Å². The zero-order valence-electron chi connectivity index (χ0n) is 13.2. The van der Waals surface area contributed by atoms with Crippen molar-refractivity contribution in [2.24, 2.45) is 0 Å². The summed E-state index contributed by atoms with van der Waals surface area (Å²) >= 11 is 0. The van der Waals surface area contributed by atoms with Crippen molar-refractivity contribution in [2.75, 3.05) is 27.3 Å². The Hall–Kier alpha value is -1.80. The molecule has 0 spiro atoms. The molecular formula is C15H21NO6S. The lowest BCUT2D eigenvalue weighted by atomic mass is 10.2. The van der Waals surface area contributed by atoms with E-state index in [1.807, 2.05) is 0 Å². The van der Waals surface area contributed by atoms with Crippen molar-refractivity contribution in [2.45, 2.75) is 30.6 Å². The molecule has 8 heteroatoms. The van der Waals surface area contributed by atoms with Gasteiger partial charge in [-0.25, -0.2) is 13.2 Å². The molecule has 0 bridgehead atoms. The van der Waals surface area contributed by atoms with Crippen LogP contribution in [0.1, 0.15) is 36.0 Å². The standard InChI is InChI=1S/C15H21NO6S/c1-21-12-10-13(22-2)14(9-11(12)15(17)18)23(19,20)16-7-5-3-4-6-8-16/h9-10H,3-8H2,1-2H3,(H,17,18). The van der Waals surface area contributed by atoms with Gasteiger partial charge in [-0.2, -0.15) is 4.31 Å². The fourth-order valence-corrected chi connectivity index (χ4v) is 4.34. The van der Waals surface area contributed by atoms with Gasteiger partial charge in [-0.1, -0.05) is 12.8 Å². The molecule has 1 heterocycles. The summed E-state index contributed by atoms with van der Waals surface area (Å²) in [5, 5.41) is 9.28. The maximum absolute atomic E-state index is 12.9. The molecule has 0 aliphatic carbocycles. The molecule has 128 valence electrons. The summed E-state index contributed by atoms with van der Waals surface area (Å²) in [7, 11) is -1.15. The predicted molar refractivity (Wildman–Crippen MR) is 83.7 cm³/mol. The highest BCUT2D eigenvalue weighted by Crippen LogP contribution is 2.34. The molecule has 1 N–H and O–H groups in total. The first kappa shape index (κ1) is 17.6. The molecular weight excluding hydrogens is 322 g/mol. The van der Waals surface area contributed by atoms with Crippen LogP contribution in [0.15, 0.2) is 17.0 Å². The molecule has 0 aromatic heterocycles. The van der Waals surface area contributed by atoms with E-state index in [-0.39, 0.29) is 22.0 Å². The number of benzene rings is 1. The highest BCUT2D eigenvalue weighted by molar-refractivity contribution is 7.89. The molecule has 1 fully saturated rings. The smallest absolute Gasteiger partial charge is 0.339 e. The fourth-order valence-electron chi connectivity index (χ4n) is 2.66. The van der Waals surface area contributed by atoms with Crippen molar-refractivity contribution in [3.05, 3.63) is 17.7 Å². The molecule has 1 aliphatic heterocycles. The Morgan fingerprint density at radius 3 is 2.09 bits per heavy atom. The van der Waals surface area contributed by atoms with Gasteiger partial charge in [0, 0.05) is 19.2 Å². The number of ether oxygens (including phenoxy) is 2. The van der Waals surface area contributed by atoms with Gasteiger partial charge < -0.3 is 14.6 Å². The molecule has 0 radical (unpaired) electrons. The highest BCUT2D eigenvalue weighted by Gasteiger charge is 2.30. The van der Waals surface area contributed by atoms with Crippen LogP contribution in [0.4, 0.5) is 0 Å². The molecule has 23 heavy (non-hydrogen) atoms. The number of nitrogens with zero attached hydrogens (tertiary/aromatic N) is 1. The Morgan fingerprint density at radius 2 is 1.61 bits per heavy atom. The van der Waals surface area contributed by atoms with E-state index in [0.29, 0.717) is 13.1 Å². The minimum Gasteiger partial charge on any atom is -0.496 e. The van der Waals surface area contributed by atoms with E-state index in [2.05, 4.69) is 0 Å². The first-order valence-electron chi connectivity index (χ1n) is 7.41. The summed E-state index contributed by atoms with van der Waals surface area (Å²) < 4.78 is 37.4. The molecule has 0 amide bonds. The van der Waals surface area contributed by atoms with Crippen LogP contribution < -0.4 is 9.47 Å². The van der Waals surface area contributed by atoms with Crippen LogP contribution in [-0.2, 0) is 10.0 Å². The number of sulfonamides is 1. The first-order valence-corrected chi connectivity index (χ1v) is 8.85. The van der Waals surface area contributed by atoms with Gasteiger partial charge in [0.05, 0.1) is 14.2 Å². The van der Waals surface area contributed by atoms with Gasteiger partial charge in [0.2, 0.25) is 10.0 Å². The second-order valence-corrected chi connectivity index (χ2v) is 7.23. The van der Waals surface area contributed by atoms with Gasteiger partial charge in [-0.3, -0.25) is 0 Å². The minimum absolute atomic E-state index is 0.0594. The summed E-state index contributed by atoms with van der Waals surface area (Å²) in [4.78, 5) is 11.2. The molecule has 1 aromatic rings. The van der Waals surface area contributed by atoms with Crippen molar-refractivity contribution in [3.8, 4) is 11.5 Å². The molecule has 7 nitrogen and oxygen atoms in total. The van der Waals surface area contributed by atoms with Crippen molar-refractivity contribution >= 4 is 16.0 Å². The van der Waals surface area contributed by atoms with E-state index in [4.69, 9.17) is 9.47 Å². The van der Waals surface area contributed by atoms with Gasteiger partial charge >= 0.3 is 5.97 Å². The number of hydrogen-bond acceptors (Lipinski definition) is 5. The zero-order valence-corrected chi connectivity index (χ0v) is 14.1. The van der Waals surface area contributed by atoms with Gasteiger partial charge in [0.25, 0.3) is 0 Å². The number of methoxy groups -OCH3 is 2. The third kappa shape index (κ3) is 3.59. The van der Waals surface area contributed by atoms with Gasteiger partial charge in [-0.15, -0.1) is 0 Å². The van der Waals surface area contributed by atoms with E-state index in [0.717, 1.165) is 31.7 Å². The van der Waals surface area contributed by atoms with E-state index in [1.165, 1.54) is 24.6 Å². The quantitative estimate of drug-likeness (QED) is 0.878. The number of aromatic carboxylic acids is 1. The molecule has 1 aliphatic rings. The summed E-state index contributed by atoms with van der Waals surface area (Å²) in [5.41, 5.74) is -0.207. The van der Waals surface area contributed by atoms with Crippen LogP contribution in [0, 0.1) is 0 Å². The van der Waals surface area contributed by atoms with Crippen LogP contribution in [0.25, 0.3) is 0 Å². The fraction of sp³-hybridized carbons (Fsp3) is 0.533. The van der Waals surface area contributed by atoms with Crippen molar-refractivity contribution in [1.29, 1.82) is 0 Å². The third-order valence-electron chi connectivity index (χ3n) is 3.90. The van der Waals surface area contributed by atoms with Crippen LogP contribution in [-0.4, -0.2) is 51.1 Å². The van der Waals surface area contributed by atoms with Gasteiger partial charge in [-0.05, 0) is 18.9 Å². The molecule has 1 aromatic carbocycles. The Morgan fingerprint density at radius 1 is 1.04 bits per heavy atom. The Labute approximate surface area is 135 Å². The van der Waals surface area contributed by atoms with Crippen LogP contribution >= 0.6 is 0 Å². The largest absolute Gasteiger partial charge is 0.496 e. The lowest BCUT2D eigenvalue weighted by molar-refractivity contribution is 0.0693. The average molecular weight is 343 g/mol.